The minimum absolute atomic E-state index is 0.0246. The molecule has 1 aliphatic heterocycles. The minimum Gasteiger partial charge on any atom is -0.390 e. The van der Waals surface area contributed by atoms with Crippen molar-refractivity contribution in [2.24, 2.45) is 0 Å². The van der Waals surface area contributed by atoms with Gasteiger partial charge in [0.2, 0.25) is 5.91 Å². The van der Waals surface area contributed by atoms with E-state index in [1.807, 2.05) is 6.92 Å². The monoisotopic (exact) mass is 271 g/mol. The molecule has 2 atom stereocenters. The van der Waals surface area contributed by atoms with E-state index in [1.54, 1.807) is 13.0 Å². The van der Waals surface area contributed by atoms with Gasteiger partial charge in [0, 0.05) is 0 Å². The molecule has 1 fully saturated rings. The molecule has 18 heavy (non-hydrogen) atoms. The largest absolute Gasteiger partial charge is 0.390 e. The predicted octanol–water partition coefficient (Wildman–Crippen LogP) is 2.66. The highest BCUT2D eigenvalue weighted by atomic mass is 35.5. The lowest BCUT2D eigenvalue weighted by molar-refractivity contribution is -0.117. The summed E-state index contributed by atoms with van der Waals surface area (Å²) >= 11 is 5.86. The first-order chi connectivity index (χ1) is 8.47. The summed E-state index contributed by atoms with van der Waals surface area (Å²) < 4.78 is 14.1. The second-order valence-corrected chi connectivity index (χ2v) is 4.92. The summed E-state index contributed by atoms with van der Waals surface area (Å²) in [7, 11) is 0. The molecular formula is C13H15ClFNO2. The second kappa shape index (κ2) is 4.86. The molecule has 1 saturated heterocycles. The quantitative estimate of drug-likeness (QED) is 0.898. The van der Waals surface area contributed by atoms with Crippen molar-refractivity contribution >= 4 is 23.2 Å². The van der Waals surface area contributed by atoms with E-state index < -0.39 is 11.9 Å². The van der Waals surface area contributed by atoms with Crippen LogP contribution < -0.4 is 4.90 Å². The van der Waals surface area contributed by atoms with Crippen LogP contribution in [-0.2, 0) is 4.79 Å². The summed E-state index contributed by atoms with van der Waals surface area (Å²) in [6.07, 6.45) is -0.150. The molecule has 1 N–H and O–H groups in total. The van der Waals surface area contributed by atoms with Crippen molar-refractivity contribution in [3.63, 3.8) is 0 Å². The number of carbonyl (C=O) groups excluding carboxylic acids is 1. The fourth-order valence-corrected chi connectivity index (χ4v) is 2.52. The van der Waals surface area contributed by atoms with E-state index in [0.29, 0.717) is 12.0 Å². The topological polar surface area (TPSA) is 40.5 Å². The number of amides is 1. The molecule has 0 bridgehead atoms. The van der Waals surface area contributed by atoms with Gasteiger partial charge in [0.15, 0.2) is 5.82 Å². The number of aryl methyl sites for hydroxylation is 1. The Labute approximate surface area is 110 Å². The highest BCUT2D eigenvalue weighted by molar-refractivity contribution is 6.31. The van der Waals surface area contributed by atoms with E-state index >= 15 is 0 Å². The van der Waals surface area contributed by atoms with Gasteiger partial charge in [0.25, 0.3) is 0 Å². The molecule has 0 radical (unpaired) electrons. The van der Waals surface area contributed by atoms with Crippen molar-refractivity contribution in [2.75, 3.05) is 4.90 Å². The fraction of sp³-hybridized carbons (Fsp3) is 0.462. The zero-order valence-electron chi connectivity index (χ0n) is 10.3. The van der Waals surface area contributed by atoms with Crippen LogP contribution in [0, 0.1) is 12.7 Å². The van der Waals surface area contributed by atoms with Gasteiger partial charge in [-0.25, -0.2) is 4.39 Å². The molecular weight excluding hydrogens is 257 g/mol. The molecule has 1 amide bonds. The van der Waals surface area contributed by atoms with Crippen molar-refractivity contribution < 1.29 is 14.3 Å². The Morgan fingerprint density at radius 2 is 2.22 bits per heavy atom. The van der Waals surface area contributed by atoms with Gasteiger partial charge in [0.05, 0.1) is 29.3 Å². The molecule has 0 unspecified atom stereocenters. The summed E-state index contributed by atoms with van der Waals surface area (Å²) in [6.45, 7) is 3.56. The molecule has 1 aromatic rings. The van der Waals surface area contributed by atoms with Crippen LogP contribution in [0.4, 0.5) is 10.1 Å². The molecule has 1 aromatic carbocycles. The SMILES string of the molecule is CC[C@H]1[C@@H](O)CC(=O)N1c1ccc(C)c(Cl)c1F. The van der Waals surface area contributed by atoms with Gasteiger partial charge in [-0.1, -0.05) is 24.6 Å². The van der Waals surface area contributed by atoms with Crippen LogP contribution in [0.1, 0.15) is 25.3 Å². The van der Waals surface area contributed by atoms with Gasteiger partial charge >= 0.3 is 0 Å². The number of hydrogen-bond donors (Lipinski definition) is 1. The normalized spacial score (nSPS) is 23.8. The Hall–Kier alpha value is -1.13. The number of aliphatic hydroxyl groups excluding tert-OH is 1. The van der Waals surface area contributed by atoms with Gasteiger partial charge in [-0.05, 0) is 25.0 Å². The van der Waals surface area contributed by atoms with E-state index in [4.69, 9.17) is 11.6 Å². The average molecular weight is 272 g/mol. The van der Waals surface area contributed by atoms with Crippen molar-refractivity contribution in [3.05, 3.63) is 28.5 Å². The molecule has 98 valence electrons. The van der Waals surface area contributed by atoms with Gasteiger partial charge < -0.3 is 10.0 Å². The van der Waals surface area contributed by atoms with E-state index in [0.717, 1.165) is 0 Å². The molecule has 1 aliphatic rings. The standard InChI is InChI=1S/C13H15ClFNO2/c1-3-8-10(17)6-11(18)16(8)9-5-4-7(2)12(14)13(9)15/h4-5,8,10,17H,3,6H2,1-2H3/t8-,10-/m0/s1. The highest BCUT2D eigenvalue weighted by Crippen LogP contribution is 2.34. The molecule has 0 aromatic heterocycles. The Kier molecular flexibility index (Phi) is 3.59. The lowest BCUT2D eigenvalue weighted by Gasteiger charge is -2.26. The van der Waals surface area contributed by atoms with Crippen LogP contribution >= 0.6 is 11.6 Å². The van der Waals surface area contributed by atoms with Crippen LogP contribution in [0.5, 0.6) is 0 Å². The number of carbonyl (C=O) groups is 1. The van der Waals surface area contributed by atoms with Crippen molar-refractivity contribution in [2.45, 2.75) is 38.8 Å². The number of rotatable bonds is 2. The summed E-state index contributed by atoms with van der Waals surface area (Å²) in [5.74, 6) is -0.870. The molecule has 1 heterocycles. The summed E-state index contributed by atoms with van der Waals surface area (Å²) in [5, 5.41) is 9.81. The predicted molar refractivity (Wildman–Crippen MR) is 68.3 cm³/mol. The Balaban J connectivity index is 2.48. The number of nitrogens with zero attached hydrogens (tertiary/aromatic N) is 1. The first-order valence-electron chi connectivity index (χ1n) is 5.92. The van der Waals surface area contributed by atoms with Crippen molar-refractivity contribution in [1.82, 2.24) is 0 Å². The second-order valence-electron chi connectivity index (χ2n) is 4.54. The van der Waals surface area contributed by atoms with Crippen LogP contribution in [0.15, 0.2) is 12.1 Å². The van der Waals surface area contributed by atoms with Crippen molar-refractivity contribution in [3.8, 4) is 0 Å². The molecule has 0 spiro atoms. The van der Waals surface area contributed by atoms with Crippen molar-refractivity contribution in [1.29, 1.82) is 0 Å². The summed E-state index contributed by atoms with van der Waals surface area (Å²) in [4.78, 5) is 13.2. The van der Waals surface area contributed by atoms with Gasteiger partial charge in [-0.15, -0.1) is 0 Å². The number of anilines is 1. The number of benzene rings is 1. The summed E-state index contributed by atoms with van der Waals surface area (Å²) in [6, 6.07) is 2.83. The molecule has 3 nitrogen and oxygen atoms in total. The lowest BCUT2D eigenvalue weighted by Crippen LogP contribution is -2.37. The van der Waals surface area contributed by atoms with Crippen LogP contribution in [0.2, 0.25) is 5.02 Å². The van der Waals surface area contributed by atoms with E-state index in [-0.39, 0.29) is 29.1 Å². The smallest absolute Gasteiger partial charge is 0.230 e. The summed E-state index contributed by atoms with van der Waals surface area (Å²) in [5.41, 5.74) is 0.775. The first kappa shape index (κ1) is 13.3. The van der Waals surface area contributed by atoms with Gasteiger partial charge in [-0.3, -0.25) is 4.79 Å². The van der Waals surface area contributed by atoms with Crippen LogP contribution in [0.25, 0.3) is 0 Å². The molecule has 0 aliphatic carbocycles. The maximum absolute atomic E-state index is 14.1. The maximum Gasteiger partial charge on any atom is 0.230 e. The van der Waals surface area contributed by atoms with Crippen LogP contribution in [-0.4, -0.2) is 23.2 Å². The van der Waals surface area contributed by atoms with Gasteiger partial charge in [0.1, 0.15) is 0 Å². The minimum atomic E-state index is -0.748. The van der Waals surface area contributed by atoms with Crippen LogP contribution in [0.3, 0.4) is 0 Å². The number of hydrogen-bond acceptors (Lipinski definition) is 2. The Morgan fingerprint density at radius 3 is 2.83 bits per heavy atom. The Bertz CT molecular complexity index is 492. The lowest BCUT2D eigenvalue weighted by atomic mass is 10.1. The Morgan fingerprint density at radius 1 is 1.56 bits per heavy atom. The molecule has 5 heteroatoms. The van der Waals surface area contributed by atoms with E-state index in [2.05, 4.69) is 0 Å². The number of halogens is 2. The third kappa shape index (κ3) is 1.99. The van der Waals surface area contributed by atoms with E-state index in [1.165, 1.54) is 11.0 Å². The fourth-order valence-electron chi connectivity index (χ4n) is 2.36. The van der Waals surface area contributed by atoms with E-state index in [9.17, 15) is 14.3 Å². The third-order valence-electron chi connectivity index (χ3n) is 3.36. The first-order valence-corrected chi connectivity index (χ1v) is 6.29. The zero-order valence-corrected chi connectivity index (χ0v) is 11.0. The van der Waals surface area contributed by atoms with Gasteiger partial charge in [-0.2, -0.15) is 0 Å². The third-order valence-corrected chi connectivity index (χ3v) is 3.83. The molecule has 0 saturated carbocycles. The maximum atomic E-state index is 14.1. The zero-order chi connectivity index (χ0) is 13.4. The number of aliphatic hydroxyl groups is 1. The molecule has 2 rings (SSSR count). The average Bonchev–Trinajstić information content (AvgIpc) is 2.61. The highest BCUT2D eigenvalue weighted by Gasteiger charge is 2.39.